The number of aryl methyl sites for hydroxylation is 1. The van der Waals surface area contributed by atoms with Gasteiger partial charge in [-0.3, -0.25) is 4.79 Å². The number of hydrogen-bond acceptors (Lipinski definition) is 4. The molecule has 0 saturated carbocycles. The van der Waals surface area contributed by atoms with Crippen LogP contribution in [0.3, 0.4) is 0 Å². The lowest BCUT2D eigenvalue weighted by Gasteiger charge is -2.09. The first kappa shape index (κ1) is 11.7. The summed E-state index contributed by atoms with van der Waals surface area (Å²) >= 11 is 0. The molecule has 1 heterocycles. The molecule has 0 unspecified atom stereocenters. The molecule has 17 heavy (non-hydrogen) atoms. The molecule has 1 aliphatic heterocycles. The van der Waals surface area contributed by atoms with Crippen molar-refractivity contribution in [3.05, 3.63) is 23.3 Å². The third-order valence-electron chi connectivity index (χ3n) is 2.60. The fourth-order valence-electron chi connectivity index (χ4n) is 1.79. The molecular weight excluding hydrogens is 224 g/mol. The summed E-state index contributed by atoms with van der Waals surface area (Å²) in [6.07, 6.45) is 0.557. The molecule has 2 rings (SSSR count). The number of rotatable bonds is 5. The Balaban J connectivity index is 2.24. The normalized spacial score (nSPS) is 12.8. The second-order valence-electron chi connectivity index (χ2n) is 3.80. The number of benzene rings is 1. The largest absolute Gasteiger partial charge is 0.481 e. The molecule has 92 valence electrons. The van der Waals surface area contributed by atoms with Gasteiger partial charge in [-0.1, -0.05) is 0 Å². The van der Waals surface area contributed by atoms with Crippen LogP contribution in [0.5, 0.6) is 11.5 Å². The minimum atomic E-state index is -0.814. The van der Waals surface area contributed by atoms with Crippen molar-refractivity contribution in [1.29, 1.82) is 0 Å². The Labute approximate surface area is 98.9 Å². The lowest BCUT2D eigenvalue weighted by molar-refractivity contribution is -0.136. The third-order valence-corrected chi connectivity index (χ3v) is 2.60. The first-order valence-electron chi connectivity index (χ1n) is 5.33. The minimum absolute atomic E-state index is 0.0936. The molecule has 0 fully saturated rings. The van der Waals surface area contributed by atoms with E-state index < -0.39 is 5.97 Å². The van der Waals surface area contributed by atoms with E-state index in [9.17, 15) is 4.79 Å². The van der Waals surface area contributed by atoms with Crippen molar-refractivity contribution in [2.45, 2.75) is 19.4 Å². The molecule has 1 aromatic rings. The number of aliphatic carboxylic acids is 1. The van der Waals surface area contributed by atoms with Gasteiger partial charge in [0.15, 0.2) is 11.5 Å². The number of ether oxygens (including phenoxy) is 3. The van der Waals surface area contributed by atoms with Gasteiger partial charge in [0.1, 0.15) is 0 Å². The predicted molar refractivity (Wildman–Crippen MR) is 59.2 cm³/mol. The first-order valence-corrected chi connectivity index (χ1v) is 5.33. The zero-order chi connectivity index (χ0) is 12.3. The number of carbonyl (C=O) groups is 1. The molecule has 1 aromatic carbocycles. The Morgan fingerprint density at radius 3 is 2.59 bits per heavy atom. The Morgan fingerprint density at radius 1 is 1.35 bits per heavy atom. The minimum Gasteiger partial charge on any atom is -0.481 e. The fourth-order valence-corrected chi connectivity index (χ4v) is 1.79. The Hall–Kier alpha value is -1.75. The quantitative estimate of drug-likeness (QED) is 0.843. The van der Waals surface area contributed by atoms with Crippen LogP contribution in [0.4, 0.5) is 0 Å². The molecule has 1 aliphatic rings. The monoisotopic (exact) mass is 238 g/mol. The van der Waals surface area contributed by atoms with E-state index >= 15 is 0 Å². The molecule has 5 heteroatoms. The van der Waals surface area contributed by atoms with Crippen LogP contribution >= 0.6 is 0 Å². The van der Waals surface area contributed by atoms with Crippen LogP contribution in [-0.4, -0.2) is 25.0 Å². The maximum Gasteiger partial charge on any atom is 0.303 e. The molecule has 5 nitrogen and oxygen atoms in total. The first-order chi connectivity index (χ1) is 8.20. The van der Waals surface area contributed by atoms with E-state index in [1.807, 2.05) is 12.1 Å². The number of carboxylic acids is 1. The summed E-state index contributed by atoms with van der Waals surface area (Å²) in [6.45, 7) is 0.649. The maximum absolute atomic E-state index is 10.6. The lowest BCUT2D eigenvalue weighted by atomic mass is 10.0. The topological polar surface area (TPSA) is 65.0 Å². The van der Waals surface area contributed by atoms with Crippen LogP contribution in [0.15, 0.2) is 12.1 Å². The number of methoxy groups -OCH3 is 1. The average Bonchev–Trinajstić information content (AvgIpc) is 2.73. The smallest absolute Gasteiger partial charge is 0.303 e. The van der Waals surface area contributed by atoms with Crippen LogP contribution in [0.25, 0.3) is 0 Å². The molecule has 0 amide bonds. The van der Waals surface area contributed by atoms with E-state index in [0.29, 0.717) is 24.5 Å². The van der Waals surface area contributed by atoms with Gasteiger partial charge in [-0.15, -0.1) is 0 Å². The van der Waals surface area contributed by atoms with Gasteiger partial charge >= 0.3 is 5.97 Å². The van der Waals surface area contributed by atoms with Gasteiger partial charge in [-0.25, -0.2) is 0 Å². The van der Waals surface area contributed by atoms with Crippen molar-refractivity contribution in [3.63, 3.8) is 0 Å². The van der Waals surface area contributed by atoms with Gasteiger partial charge in [0.05, 0.1) is 6.61 Å². The van der Waals surface area contributed by atoms with Crippen LogP contribution in [0.1, 0.15) is 17.5 Å². The summed E-state index contributed by atoms with van der Waals surface area (Å²) in [5, 5.41) is 8.70. The highest BCUT2D eigenvalue weighted by molar-refractivity contribution is 5.67. The number of carboxylic acid groups (broad SMARTS) is 1. The standard InChI is InChI=1S/C12H14O5/c1-15-6-9-5-11-10(16-7-17-11)4-8(9)2-3-12(13)14/h4-5H,2-3,6-7H2,1H3,(H,13,14). The summed E-state index contributed by atoms with van der Waals surface area (Å²) in [5.41, 5.74) is 1.87. The highest BCUT2D eigenvalue weighted by Crippen LogP contribution is 2.35. The van der Waals surface area contributed by atoms with Crippen molar-refractivity contribution >= 4 is 5.97 Å². The summed E-state index contributed by atoms with van der Waals surface area (Å²) in [6, 6.07) is 3.68. The predicted octanol–water partition coefficient (Wildman–Crippen LogP) is 1.58. The molecule has 0 spiro atoms. The summed E-state index contributed by atoms with van der Waals surface area (Å²) in [4.78, 5) is 10.6. The maximum atomic E-state index is 10.6. The Kier molecular flexibility index (Phi) is 3.49. The zero-order valence-electron chi connectivity index (χ0n) is 9.56. The average molecular weight is 238 g/mol. The van der Waals surface area contributed by atoms with Crippen LogP contribution in [0, 0.1) is 0 Å². The summed E-state index contributed by atoms with van der Waals surface area (Å²) in [7, 11) is 1.60. The van der Waals surface area contributed by atoms with Crippen LogP contribution < -0.4 is 9.47 Å². The fraction of sp³-hybridized carbons (Fsp3) is 0.417. The Morgan fingerprint density at radius 2 is 2.00 bits per heavy atom. The Bertz CT molecular complexity index is 427. The van der Waals surface area contributed by atoms with Gasteiger partial charge in [0.2, 0.25) is 6.79 Å². The van der Waals surface area contributed by atoms with E-state index in [1.54, 1.807) is 7.11 Å². The SMILES string of the molecule is COCc1cc2c(cc1CCC(=O)O)OCO2. The van der Waals surface area contributed by atoms with Gasteiger partial charge in [0, 0.05) is 13.5 Å². The molecule has 0 atom stereocenters. The van der Waals surface area contributed by atoms with Crippen LogP contribution in [0.2, 0.25) is 0 Å². The van der Waals surface area contributed by atoms with Gasteiger partial charge in [0.25, 0.3) is 0 Å². The summed E-state index contributed by atoms with van der Waals surface area (Å²) < 4.78 is 15.6. The van der Waals surface area contributed by atoms with Crippen molar-refractivity contribution in [3.8, 4) is 11.5 Å². The third kappa shape index (κ3) is 2.68. The lowest BCUT2D eigenvalue weighted by Crippen LogP contribution is -2.01. The highest BCUT2D eigenvalue weighted by atomic mass is 16.7. The van der Waals surface area contributed by atoms with Crippen LogP contribution in [-0.2, 0) is 22.6 Å². The molecule has 0 bridgehead atoms. The number of fused-ring (bicyclic) bond motifs is 1. The van der Waals surface area contributed by atoms with Crippen molar-refractivity contribution in [2.24, 2.45) is 0 Å². The highest BCUT2D eigenvalue weighted by Gasteiger charge is 2.17. The van der Waals surface area contributed by atoms with E-state index in [-0.39, 0.29) is 13.2 Å². The van der Waals surface area contributed by atoms with E-state index in [0.717, 1.165) is 11.1 Å². The molecule has 0 saturated heterocycles. The van der Waals surface area contributed by atoms with Gasteiger partial charge < -0.3 is 19.3 Å². The van der Waals surface area contributed by atoms with E-state index in [1.165, 1.54) is 0 Å². The van der Waals surface area contributed by atoms with Gasteiger partial charge in [-0.2, -0.15) is 0 Å². The van der Waals surface area contributed by atoms with Crippen molar-refractivity contribution in [2.75, 3.05) is 13.9 Å². The molecule has 0 aromatic heterocycles. The zero-order valence-corrected chi connectivity index (χ0v) is 9.56. The molecular formula is C12H14O5. The second-order valence-corrected chi connectivity index (χ2v) is 3.80. The second kappa shape index (κ2) is 5.05. The molecule has 1 N–H and O–H groups in total. The van der Waals surface area contributed by atoms with Crippen molar-refractivity contribution in [1.82, 2.24) is 0 Å². The van der Waals surface area contributed by atoms with Gasteiger partial charge in [-0.05, 0) is 29.7 Å². The number of hydrogen-bond donors (Lipinski definition) is 1. The summed E-state index contributed by atoms with van der Waals surface area (Å²) in [5.74, 6) is 0.549. The molecule has 0 aliphatic carbocycles. The molecule has 0 radical (unpaired) electrons. The van der Waals surface area contributed by atoms with E-state index in [4.69, 9.17) is 19.3 Å². The van der Waals surface area contributed by atoms with Crippen molar-refractivity contribution < 1.29 is 24.1 Å². The van der Waals surface area contributed by atoms with E-state index in [2.05, 4.69) is 0 Å².